The van der Waals surface area contributed by atoms with Gasteiger partial charge in [-0.15, -0.1) is 0 Å². The smallest absolute Gasteiger partial charge is 0.255 e. The van der Waals surface area contributed by atoms with Gasteiger partial charge in [0.2, 0.25) is 11.8 Å². The molecule has 0 spiro atoms. The first-order valence-corrected chi connectivity index (χ1v) is 11.7. The number of hydrogen-bond acceptors (Lipinski definition) is 5. The summed E-state index contributed by atoms with van der Waals surface area (Å²) < 4.78 is 28.2. The van der Waals surface area contributed by atoms with Gasteiger partial charge < -0.3 is 4.90 Å². The molecule has 0 aromatic heterocycles. The van der Waals surface area contributed by atoms with Gasteiger partial charge >= 0.3 is 0 Å². The van der Waals surface area contributed by atoms with Gasteiger partial charge in [-0.1, -0.05) is 6.07 Å². The summed E-state index contributed by atoms with van der Waals surface area (Å²) in [6, 6.07) is 8.42. The molecule has 3 heterocycles. The second-order valence-electron chi connectivity index (χ2n) is 9.40. The van der Waals surface area contributed by atoms with Crippen molar-refractivity contribution in [1.82, 2.24) is 15.1 Å². The van der Waals surface area contributed by atoms with Gasteiger partial charge in [-0.25, -0.2) is 8.78 Å². The molecule has 180 valence electrons. The number of hydrogen-bond donors (Lipinski definition) is 1. The highest BCUT2D eigenvalue weighted by Gasteiger charge is 2.41. The van der Waals surface area contributed by atoms with E-state index < -0.39 is 23.6 Å². The van der Waals surface area contributed by atoms with Crippen molar-refractivity contribution in [1.29, 1.82) is 5.26 Å². The van der Waals surface area contributed by atoms with Crippen molar-refractivity contribution in [2.75, 3.05) is 13.1 Å². The minimum atomic E-state index is -0.737. The van der Waals surface area contributed by atoms with Gasteiger partial charge in [0.1, 0.15) is 23.7 Å². The zero-order chi connectivity index (χ0) is 24.7. The van der Waals surface area contributed by atoms with Crippen LogP contribution in [0.5, 0.6) is 0 Å². The Morgan fingerprint density at radius 3 is 2.54 bits per heavy atom. The van der Waals surface area contributed by atoms with Crippen LogP contribution in [0, 0.1) is 23.0 Å². The third kappa shape index (κ3) is 4.42. The Morgan fingerprint density at radius 2 is 1.83 bits per heavy atom. The Morgan fingerprint density at radius 1 is 1.06 bits per heavy atom. The zero-order valence-electron chi connectivity index (χ0n) is 19.0. The van der Waals surface area contributed by atoms with Crippen molar-refractivity contribution in [2.45, 2.75) is 50.7 Å². The fourth-order valence-electron chi connectivity index (χ4n) is 5.43. The molecule has 3 amide bonds. The molecule has 35 heavy (non-hydrogen) atoms. The number of amides is 3. The van der Waals surface area contributed by atoms with Crippen molar-refractivity contribution in [2.24, 2.45) is 0 Å². The van der Waals surface area contributed by atoms with Crippen LogP contribution in [0.1, 0.15) is 64.2 Å². The highest BCUT2D eigenvalue weighted by Crippen LogP contribution is 2.38. The second kappa shape index (κ2) is 9.19. The molecule has 0 saturated carbocycles. The first kappa shape index (κ1) is 23.1. The lowest BCUT2D eigenvalue weighted by atomic mass is 9.85. The topological polar surface area (TPSA) is 93.5 Å². The number of carbonyl (C=O) groups excluding carboxylic acids is 3. The number of nitrogens with one attached hydrogen (secondary N) is 1. The maximum Gasteiger partial charge on any atom is 0.255 e. The number of likely N-dealkylation sites (tertiary alicyclic amines) is 1. The molecular formula is C26H24F2N4O3. The Balaban J connectivity index is 1.30. The molecule has 2 aromatic rings. The molecule has 3 aliphatic heterocycles. The summed E-state index contributed by atoms with van der Waals surface area (Å²) in [7, 11) is 0. The van der Waals surface area contributed by atoms with Crippen LogP contribution in [-0.2, 0) is 22.7 Å². The van der Waals surface area contributed by atoms with Gasteiger partial charge in [-0.05, 0) is 79.2 Å². The zero-order valence-corrected chi connectivity index (χ0v) is 19.0. The van der Waals surface area contributed by atoms with E-state index in [1.54, 1.807) is 12.1 Å². The van der Waals surface area contributed by atoms with E-state index in [0.29, 0.717) is 12.1 Å². The molecule has 0 aliphatic carbocycles. The molecule has 0 bridgehead atoms. The minimum absolute atomic E-state index is 0.0259. The predicted molar refractivity (Wildman–Crippen MR) is 121 cm³/mol. The molecule has 7 nitrogen and oxygen atoms in total. The lowest BCUT2D eigenvalue weighted by Crippen LogP contribution is -2.52. The molecule has 2 saturated heterocycles. The molecule has 3 aliphatic rings. The number of carbonyl (C=O) groups is 3. The molecule has 1 unspecified atom stereocenters. The average molecular weight is 478 g/mol. The molecule has 9 heteroatoms. The Labute approximate surface area is 201 Å². The summed E-state index contributed by atoms with van der Waals surface area (Å²) >= 11 is 0. The van der Waals surface area contributed by atoms with Crippen LogP contribution in [0.25, 0.3) is 0 Å². The summed E-state index contributed by atoms with van der Waals surface area (Å²) in [5, 5.41) is 11.3. The lowest BCUT2D eigenvalue weighted by molar-refractivity contribution is -0.136. The summed E-state index contributed by atoms with van der Waals surface area (Å²) in [5.74, 6) is -2.16. The van der Waals surface area contributed by atoms with Crippen LogP contribution in [0.3, 0.4) is 0 Å². The number of nitrogens with zero attached hydrogens (tertiary/aromatic N) is 3. The number of benzene rings is 2. The molecule has 0 radical (unpaired) electrons. The third-order valence-electron chi connectivity index (χ3n) is 7.24. The molecule has 1 atom stereocenters. The highest BCUT2D eigenvalue weighted by molar-refractivity contribution is 6.05. The van der Waals surface area contributed by atoms with Gasteiger partial charge in [0.25, 0.3) is 5.91 Å². The van der Waals surface area contributed by atoms with Gasteiger partial charge in [0, 0.05) is 25.1 Å². The summed E-state index contributed by atoms with van der Waals surface area (Å²) in [6.45, 7) is 2.29. The van der Waals surface area contributed by atoms with E-state index >= 15 is 0 Å². The number of rotatable bonds is 4. The van der Waals surface area contributed by atoms with Crippen LogP contribution in [0.15, 0.2) is 30.3 Å². The third-order valence-corrected chi connectivity index (χ3v) is 7.24. The fourth-order valence-corrected chi connectivity index (χ4v) is 5.43. The van der Waals surface area contributed by atoms with Crippen LogP contribution in [-0.4, -0.2) is 46.7 Å². The van der Waals surface area contributed by atoms with Crippen LogP contribution < -0.4 is 5.32 Å². The number of fused-ring (bicyclic) bond motifs is 1. The molecule has 2 fully saturated rings. The summed E-state index contributed by atoms with van der Waals surface area (Å²) in [4.78, 5) is 40.6. The van der Waals surface area contributed by atoms with Crippen molar-refractivity contribution < 1.29 is 23.2 Å². The summed E-state index contributed by atoms with van der Waals surface area (Å²) in [5.41, 5.74) is 2.74. The van der Waals surface area contributed by atoms with Crippen molar-refractivity contribution in [3.8, 4) is 6.07 Å². The van der Waals surface area contributed by atoms with Crippen LogP contribution in [0.2, 0.25) is 0 Å². The van der Waals surface area contributed by atoms with Gasteiger partial charge in [-0.3, -0.25) is 24.6 Å². The lowest BCUT2D eigenvalue weighted by Gasteiger charge is -2.33. The van der Waals surface area contributed by atoms with Crippen LogP contribution >= 0.6 is 0 Å². The first-order valence-electron chi connectivity index (χ1n) is 11.7. The fraction of sp³-hybridized carbons (Fsp3) is 0.385. The maximum atomic E-state index is 14.6. The van der Waals surface area contributed by atoms with E-state index in [-0.39, 0.29) is 42.7 Å². The van der Waals surface area contributed by atoms with Crippen molar-refractivity contribution in [3.05, 3.63) is 69.8 Å². The standard InChI is InChI=1S/C26H24F2N4O3/c27-18-10-19(16-5-7-31(8-6-16)13-15-1-2-22(28)17(9-15)12-29)21-14-32(26(35)20(21)11-18)23-3-4-24(33)30-25(23)34/h1-2,9-11,16,23H,3-8,13-14H2,(H,30,33,34). The van der Waals surface area contributed by atoms with E-state index in [0.717, 1.165) is 42.6 Å². The van der Waals surface area contributed by atoms with E-state index in [1.165, 1.54) is 23.1 Å². The average Bonchev–Trinajstić information content (AvgIpc) is 3.16. The first-order chi connectivity index (χ1) is 16.8. The van der Waals surface area contributed by atoms with E-state index in [9.17, 15) is 23.2 Å². The largest absolute Gasteiger partial charge is 0.322 e. The van der Waals surface area contributed by atoms with Crippen molar-refractivity contribution >= 4 is 17.7 Å². The molecule has 1 N–H and O–H groups in total. The SMILES string of the molecule is N#Cc1cc(CN2CCC(c3cc(F)cc4c3CN(C3CCC(=O)NC3=O)C4=O)CC2)ccc1F. The number of halogens is 2. The van der Waals surface area contributed by atoms with Gasteiger partial charge in [-0.2, -0.15) is 5.26 Å². The summed E-state index contributed by atoms with van der Waals surface area (Å²) in [6.07, 6.45) is 1.95. The van der Waals surface area contributed by atoms with Crippen LogP contribution in [0.4, 0.5) is 8.78 Å². The minimum Gasteiger partial charge on any atom is -0.322 e. The Hall–Kier alpha value is -3.64. The van der Waals surface area contributed by atoms with Gasteiger partial charge in [0.05, 0.1) is 5.56 Å². The highest BCUT2D eigenvalue weighted by atomic mass is 19.1. The van der Waals surface area contributed by atoms with Gasteiger partial charge in [0.15, 0.2) is 0 Å². The van der Waals surface area contributed by atoms with E-state index in [2.05, 4.69) is 10.2 Å². The van der Waals surface area contributed by atoms with E-state index in [1.807, 2.05) is 6.07 Å². The Kier molecular flexibility index (Phi) is 6.07. The molecule has 2 aromatic carbocycles. The quantitative estimate of drug-likeness (QED) is 0.682. The molecular weight excluding hydrogens is 454 g/mol. The normalized spacial score (nSPS) is 21.1. The maximum absolute atomic E-state index is 14.6. The second-order valence-corrected chi connectivity index (χ2v) is 9.40. The molecule has 5 rings (SSSR count). The van der Waals surface area contributed by atoms with E-state index in [4.69, 9.17) is 5.26 Å². The number of nitriles is 1. The predicted octanol–water partition coefficient (Wildman–Crippen LogP) is 2.98. The number of imide groups is 1. The van der Waals surface area contributed by atoms with Crippen molar-refractivity contribution in [3.63, 3.8) is 0 Å². The Bertz CT molecular complexity index is 1260. The number of piperidine rings is 2. The monoisotopic (exact) mass is 478 g/mol.